The van der Waals surface area contributed by atoms with Crippen molar-refractivity contribution in [3.8, 4) is 5.88 Å². The van der Waals surface area contributed by atoms with Crippen LogP contribution in [0.5, 0.6) is 5.88 Å². The van der Waals surface area contributed by atoms with Crippen molar-refractivity contribution in [3.05, 3.63) is 40.5 Å². The number of amides is 4. The van der Waals surface area contributed by atoms with Gasteiger partial charge in [0.25, 0.3) is 5.91 Å². The Labute approximate surface area is 186 Å². The minimum atomic E-state index is -1.12. The van der Waals surface area contributed by atoms with Crippen LogP contribution < -0.4 is 26.4 Å². The molecule has 0 aliphatic heterocycles. The number of hydrogen-bond donors (Lipinski definition) is 5. The van der Waals surface area contributed by atoms with Crippen LogP contribution in [0.3, 0.4) is 0 Å². The molecular weight excluding hydrogens is 448 g/mol. The van der Waals surface area contributed by atoms with Crippen molar-refractivity contribution in [2.24, 2.45) is 5.73 Å². The Balaban J connectivity index is 2.01. The monoisotopic (exact) mass is 471 g/mol. The maximum absolute atomic E-state index is 14.0. The first-order valence-electron chi connectivity index (χ1n) is 9.48. The van der Waals surface area contributed by atoms with E-state index in [1.807, 2.05) is 0 Å². The molecule has 1 unspecified atom stereocenters. The van der Waals surface area contributed by atoms with Gasteiger partial charge in [-0.1, -0.05) is 0 Å². The number of anilines is 1. The molecule has 2 aromatic rings. The van der Waals surface area contributed by atoms with E-state index in [9.17, 15) is 28.3 Å². The lowest BCUT2D eigenvalue weighted by Crippen LogP contribution is -2.38. The maximum atomic E-state index is 14.0. The van der Waals surface area contributed by atoms with Gasteiger partial charge >= 0.3 is 6.03 Å². The summed E-state index contributed by atoms with van der Waals surface area (Å²) >= 11 is 0.668. The van der Waals surface area contributed by atoms with E-state index in [-0.39, 0.29) is 40.9 Å². The number of benzene rings is 1. The second-order valence-electron chi connectivity index (χ2n) is 6.70. The van der Waals surface area contributed by atoms with Gasteiger partial charge in [0.2, 0.25) is 11.8 Å². The topological polar surface area (TPSA) is 156 Å². The molecule has 10 nitrogen and oxygen atoms in total. The van der Waals surface area contributed by atoms with Gasteiger partial charge in [0, 0.05) is 13.1 Å². The number of aliphatic hydroxyl groups is 1. The van der Waals surface area contributed by atoms with Gasteiger partial charge in [-0.25, -0.2) is 13.6 Å². The number of rotatable bonds is 10. The van der Waals surface area contributed by atoms with Crippen molar-refractivity contribution in [2.45, 2.75) is 33.0 Å². The number of ether oxygens (including phenoxy) is 1. The minimum absolute atomic E-state index is 0.0620. The number of aliphatic hydroxyl groups excluding tert-OH is 1. The summed E-state index contributed by atoms with van der Waals surface area (Å²) in [6, 6.07) is 1.47. The lowest BCUT2D eigenvalue weighted by molar-refractivity contribution is -0.122. The van der Waals surface area contributed by atoms with Crippen LogP contribution in [-0.2, 0) is 11.4 Å². The fourth-order valence-corrected chi connectivity index (χ4v) is 3.33. The second kappa shape index (κ2) is 11.3. The molecule has 0 spiro atoms. The average molecular weight is 471 g/mol. The Bertz CT molecular complexity index is 977. The molecule has 0 bridgehead atoms. The normalized spacial score (nSPS) is 11.5. The highest BCUT2D eigenvalue weighted by Gasteiger charge is 2.23. The number of nitrogens with one attached hydrogen (secondary N) is 3. The number of nitrogens with zero attached hydrogens (tertiary/aromatic N) is 1. The third kappa shape index (κ3) is 6.85. The quantitative estimate of drug-likeness (QED) is 0.353. The molecule has 1 heterocycles. The number of urea groups is 1. The second-order valence-corrected chi connectivity index (χ2v) is 7.47. The predicted molar refractivity (Wildman–Crippen MR) is 112 cm³/mol. The number of hydrogen-bond acceptors (Lipinski definition) is 7. The summed E-state index contributed by atoms with van der Waals surface area (Å²) < 4.78 is 37.1. The zero-order valence-corrected chi connectivity index (χ0v) is 18.1. The average Bonchev–Trinajstić information content (AvgIpc) is 3.08. The predicted octanol–water partition coefficient (Wildman–Crippen LogP) is 1.42. The molecule has 0 fully saturated rings. The van der Waals surface area contributed by atoms with Crippen LogP contribution >= 0.6 is 11.5 Å². The minimum Gasteiger partial charge on any atom is -0.471 e. The van der Waals surface area contributed by atoms with Crippen LogP contribution in [0.15, 0.2) is 12.1 Å². The molecule has 0 aliphatic carbocycles. The largest absolute Gasteiger partial charge is 0.471 e. The molecule has 13 heteroatoms. The number of primary amides is 1. The molecule has 0 saturated carbocycles. The third-order valence-corrected chi connectivity index (χ3v) is 4.81. The molecule has 4 amide bonds. The summed E-state index contributed by atoms with van der Waals surface area (Å²) in [6.07, 6.45) is -1.33. The highest BCUT2D eigenvalue weighted by molar-refractivity contribution is 7.11. The van der Waals surface area contributed by atoms with Crippen LogP contribution in [0.1, 0.15) is 34.8 Å². The van der Waals surface area contributed by atoms with Gasteiger partial charge in [0.05, 0.1) is 18.1 Å². The zero-order valence-electron chi connectivity index (χ0n) is 17.3. The van der Waals surface area contributed by atoms with E-state index in [2.05, 4.69) is 20.3 Å². The molecule has 2 rings (SSSR count). The Morgan fingerprint density at radius 2 is 1.91 bits per heavy atom. The summed E-state index contributed by atoms with van der Waals surface area (Å²) in [5.74, 6) is -3.29. The molecule has 1 aromatic carbocycles. The van der Waals surface area contributed by atoms with Gasteiger partial charge in [-0.3, -0.25) is 14.9 Å². The highest BCUT2D eigenvalue weighted by Crippen LogP contribution is 2.31. The molecule has 0 aliphatic rings. The number of halogens is 2. The van der Waals surface area contributed by atoms with Gasteiger partial charge in [0.15, 0.2) is 0 Å². The lowest BCUT2D eigenvalue weighted by atomic mass is 10.1. The fourth-order valence-electron chi connectivity index (χ4n) is 2.60. The van der Waals surface area contributed by atoms with Crippen molar-refractivity contribution >= 4 is 34.4 Å². The first-order valence-corrected chi connectivity index (χ1v) is 10.3. The first-order chi connectivity index (χ1) is 15.1. The molecule has 1 atom stereocenters. The molecule has 0 radical (unpaired) electrons. The summed E-state index contributed by atoms with van der Waals surface area (Å²) in [7, 11) is 0. The van der Waals surface area contributed by atoms with Gasteiger partial charge in [-0.05, 0) is 43.1 Å². The maximum Gasteiger partial charge on any atom is 0.320 e. The fraction of sp³-hybridized carbons (Fsp3) is 0.368. The summed E-state index contributed by atoms with van der Waals surface area (Å²) in [5.41, 5.74) is 5.09. The van der Waals surface area contributed by atoms with E-state index >= 15 is 0 Å². The van der Waals surface area contributed by atoms with E-state index in [1.165, 1.54) is 6.92 Å². The molecule has 1 aromatic heterocycles. The Hall–Kier alpha value is -3.32. The molecule has 6 N–H and O–H groups in total. The van der Waals surface area contributed by atoms with Crippen LogP contribution in [0.2, 0.25) is 0 Å². The molecule has 174 valence electrons. The van der Waals surface area contributed by atoms with Crippen LogP contribution in [0, 0.1) is 18.6 Å². The van der Waals surface area contributed by atoms with Crippen LogP contribution in [0.4, 0.5) is 18.6 Å². The van der Waals surface area contributed by atoms with Crippen molar-refractivity contribution in [2.75, 3.05) is 18.4 Å². The van der Waals surface area contributed by atoms with E-state index in [1.54, 1.807) is 6.92 Å². The van der Waals surface area contributed by atoms with Crippen molar-refractivity contribution in [3.63, 3.8) is 0 Å². The van der Waals surface area contributed by atoms with E-state index in [0.29, 0.717) is 23.6 Å². The summed E-state index contributed by atoms with van der Waals surface area (Å²) in [5, 5.41) is 16.9. The number of carbonyl (C=O) groups excluding carboxylic acids is 3. The molecule has 32 heavy (non-hydrogen) atoms. The van der Waals surface area contributed by atoms with E-state index < -0.39 is 36.3 Å². The molecule has 0 saturated heterocycles. The first kappa shape index (κ1) is 24.9. The summed E-state index contributed by atoms with van der Waals surface area (Å²) in [6.45, 7) is 2.88. The van der Waals surface area contributed by atoms with Gasteiger partial charge in [0.1, 0.15) is 28.8 Å². The van der Waals surface area contributed by atoms with E-state index in [0.717, 1.165) is 12.1 Å². The van der Waals surface area contributed by atoms with Crippen molar-refractivity contribution in [1.29, 1.82) is 0 Å². The highest BCUT2D eigenvalue weighted by atomic mass is 32.1. The Morgan fingerprint density at radius 3 is 2.50 bits per heavy atom. The van der Waals surface area contributed by atoms with Gasteiger partial charge < -0.3 is 26.2 Å². The van der Waals surface area contributed by atoms with Crippen LogP contribution in [0.25, 0.3) is 0 Å². The van der Waals surface area contributed by atoms with Gasteiger partial charge in [-0.15, -0.1) is 0 Å². The number of carbonyl (C=O) groups is 3. The Morgan fingerprint density at radius 1 is 1.25 bits per heavy atom. The molecular formula is C19H23F2N5O5S. The smallest absolute Gasteiger partial charge is 0.320 e. The number of aromatic nitrogens is 1. The van der Waals surface area contributed by atoms with Gasteiger partial charge in [-0.2, -0.15) is 4.37 Å². The van der Waals surface area contributed by atoms with Crippen molar-refractivity contribution < 1.29 is 33.0 Å². The van der Waals surface area contributed by atoms with E-state index in [4.69, 9.17) is 10.5 Å². The number of nitrogens with two attached hydrogens (primary N) is 1. The summed E-state index contributed by atoms with van der Waals surface area (Å²) in [4.78, 5) is 35.3. The van der Waals surface area contributed by atoms with Crippen LogP contribution in [-0.4, -0.2) is 46.5 Å². The van der Waals surface area contributed by atoms with Crippen molar-refractivity contribution in [1.82, 2.24) is 15.0 Å². The lowest BCUT2D eigenvalue weighted by Gasteiger charge is -2.12. The zero-order chi connectivity index (χ0) is 23.8. The number of aryl methyl sites for hydroxylation is 1. The standard InChI is InChI=1S/C19H23F2N5O5S/c1-3-23-14(28)6-10(27)7-24-19(30)25-18-15(16(22)29)17(26-32-18)31-8-11-12(20)4-9(2)5-13(11)21/h4-5,10,27H,3,6-8H2,1-2H3,(H2,22,29)(H,23,28)(H2,24,25,30). The third-order valence-electron chi connectivity index (χ3n) is 4.07. The Kier molecular flexibility index (Phi) is 8.84. The SMILES string of the molecule is CCNC(=O)CC(O)CNC(=O)Nc1snc(OCc2c(F)cc(C)cc2F)c1C(N)=O.